The van der Waals surface area contributed by atoms with Gasteiger partial charge in [0.1, 0.15) is 11.9 Å². The van der Waals surface area contributed by atoms with E-state index in [0.29, 0.717) is 47.6 Å². The number of phenolic OH excluding ortho intramolecular Hbond substituents is 1. The highest BCUT2D eigenvalue weighted by Crippen LogP contribution is 2.61. The molecule has 8 heteroatoms. The Morgan fingerprint density at radius 1 is 1.09 bits per heavy atom. The second-order valence-corrected chi connectivity index (χ2v) is 11.3. The molecule has 3 aliphatic rings. The summed E-state index contributed by atoms with van der Waals surface area (Å²) in [4.78, 5) is 14.0. The van der Waals surface area contributed by atoms with Gasteiger partial charge in [0.15, 0.2) is 0 Å². The summed E-state index contributed by atoms with van der Waals surface area (Å²) in [6.07, 6.45) is 7.38. The zero-order chi connectivity index (χ0) is 24.7. The van der Waals surface area contributed by atoms with E-state index in [2.05, 4.69) is 17.9 Å². The summed E-state index contributed by atoms with van der Waals surface area (Å²) < 4.78 is 5.83. The van der Waals surface area contributed by atoms with Crippen molar-refractivity contribution in [2.24, 2.45) is 17.3 Å². The van der Waals surface area contributed by atoms with Gasteiger partial charge in [0, 0.05) is 49.1 Å². The Labute approximate surface area is 232 Å². The van der Waals surface area contributed by atoms with Crippen LogP contribution in [0.3, 0.4) is 0 Å². The van der Waals surface area contributed by atoms with E-state index in [-0.39, 0.29) is 29.9 Å². The van der Waals surface area contributed by atoms with Crippen molar-refractivity contribution in [3.8, 4) is 5.75 Å². The number of carbonyl (C=O) groups is 1. The fourth-order valence-electron chi connectivity index (χ4n) is 6.65. The number of hydrogen-bond donors (Lipinski definition) is 1. The summed E-state index contributed by atoms with van der Waals surface area (Å²) in [5.74, 6) is 4.26. The van der Waals surface area contributed by atoms with Crippen LogP contribution in [-0.4, -0.2) is 59.4 Å². The van der Waals surface area contributed by atoms with Crippen LogP contribution in [0.15, 0.2) is 18.2 Å². The maximum absolute atomic E-state index is 11.8. The van der Waals surface area contributed by atoms with Gasteiger partial charge in [0.2, 0.25) is 0 Å². The van der Waals surface area contributed by atoms with Gasteiger partial charge in [-0.25, -0.2) is 0 Å². The molecule has 0 aromatic heterocycles. The number of aromatic hydroxyl groups is 1. The third-order valence-electron chi connectivity index (χ3n) is 8.39. The molecule has 1 aromatic carbocycles. The van der Waals surface area contributed by atoms with Gasteiger partial charge < -0.3 is 9.84 Å². The predicted octanol–water partition coefficient (Wildman–Crippen LogP) is 7.00. The topological polar surface area (TPSA) is 49.8 Å². The molecule has 200 valence electrons. The number of halogens is 4. The minimum absolute atomic E-state index is 0. The van der Waals surface area contributed by atoms with Crippen LogP contribution >= 0.6 is 47.2 Å². The Morgan fingerprint density at radius 2 is 1.74 bits per heavy atom. The lowest BCUT2D eigenvalue weighted by atomic mass is 9.55. The van der Waals surface area contributed by atoms with Crippen LogP contribution in [0.2, 0.25) is 0 Å². The van der Waals surface area contributed by atoms with Crippen LogP contribution in [0.5, 0.6) is 5.75 Å². The summed E-state index contributed by atoms with van der Waals surface area (Å²) >= 11 is 16.6. The van der Waals surface area contributed by atoms with Crippen LogP contribution in [0.1, 0.15) is 69.4 Å². The van der Waals surface area contributed by atoms with Crippen molar-refractivity contribution in [3.63, 3.8) is 0 Å². The maximum Gasteiger partial charge on any atom is 0.305 e. The number of alkyl halides is 3. The molecular formula is C27H41Cl4NO3. The summed E-state index contributed by atoms with van der Waals surface area (Å²) in [5.41, 5.74) is 2.95. The van der Waals surface area contributed by atoms with Crippen molar-refractivity contribution in [1.29, 1.82) is 0 Å². The Bertz CT molecular complexity index is 796. The minimum Gasteiger partial charge on any atom is -0.508 e. The first-order chi connectivity index (χ1) is 16.4. The van der Waals surface area contributed by atoms with Crippen LogP contribution in [0.25, 0.3) is 0 Å². The molecule has 2 fully saturated rings. The number of carbonyl (C=O) groups excluding carboxylic acids is 1. The van der Waals surface area contributed by atoms with Crippen LogP contribution in [0, 0.1) is 17.3 Å². The number of fused-ring (bicyclic) bond motifs is 5. The largest absolute Gasteiger partial charge is 0.508 e. The SMILES string of the molecule is CCC(=O)OC1CCC2C3CCc4cc(O)ccc4C3CCC12C.Cl.ClCCN(CCCl)CCCl. The first kappa shape index (κ1) is 30.8. The van der Waals surface area contributed by atoms with Gasteiger partial charge >= 0.3 is 5.97 Å². The molecule has 3 aliphatic carbocycles. The Kier molecular flexibility index (Phi) is 12.8. The lowest BCUT2D eigenvalue weighted by molar-refractivity contribution is -0.157. The maximum atomic E-state index is 11.8. The van der Waals surface area contributed by atoms with Gasteiger partial charge in [0.05, 0.1) is 0 Å². The number of phenols is 1. The summed E-state index contributed by atoms with van der Waals surface area (Å²) in [6.45, 7) is 6.87. The van der Waals surface area contributed by atoms with E-state index in [9.17, 15) is 9.90 Å². The van der Waals surface area contributed by atoms with Gasteiger partial charge in [0.25, 0.3) is 0 Å². The fraction of sp³-hybridized carbons (Fsp3) is 0.741. The molecule has 0 saturated heterocycles. The number of esters is 1. The van der Waals surface area contributed by atoms with Crippen molar-refractivity contribution in [2.45, 2.75) is 70.8 Å². The number of benzene rings is 1. The Morgan fingerprint density at radius 3 is 2.34 bits per heavy atom. The van der Waals surface area contributed by atoms with Gasteiger partial charge in [-0.15, -0.1) is 47.2 Å². The molecular weight excluding hydrogens is 528 g/mol. The predicted molar refractivity (Wildman–Crippen MR) is 149 cm³/mol. The second kappa shape index (κ2) is 14.5. The lowest BCUT2D eigenvalue weighted by Gasteiger charge is -2.50. The molecule has 4 rings (SSSR count). The van der Waals surface area contributed by atoms with Gasteiger partial charge in [-0.1, -0.05) is 19.9 Å². The Hall–Kier alpha value is -0.390. The average molecular weight is 569 g/mol. The van der Waals surface area contributed by atoms with Crippen molar-refractivity contribution in [2.75, 3.05) is 37.3 Å². The van der Waals surface area contributed by atoms with Gasteiger partial charge in [-0.3, -0.25) is 9.69 Å². The standard InChI is InChI=1S/C21H28O3.C6H12Cl3N.ClH/c1-3-20(23)24-19-9-8-18-17-6-4-13-12-14(22)5-7-15(13)16(17)10-11-21(18,19)2;7-1-4-10(5-2-8)6-3-9;/h5,7,12,16-19,22H,3-4,6,8-11H2,1-2H3;1-6H2;1H. The molecule has 0 heterocycles. The number of ether oxygens (including phenoxy) is 1. The quantitative estimate of drug-likeness (QED) is 0.271. The smallest absolute Gasteiger partial charge is 0.305 e. The molecule has 4 nitrogen and oxygen atoms in total. The molecule has 0 bridgehead atoms. The molecule has 5 unspecified atom stereocenters. The normalized spacial score (nSPS) is 28.6. The van der Waals surface area contributed by atoms with Crippen molar-refractivity contribution < 1.29 is 14.6 Å². The molecule has 0 amide bonds. The highest BCUT2D eigenvalue weighted by atomic mass is 35.5. The zero-order valence-corrected chi connectivity index (χ0v) is 24.1. The number of nitrogens with zero attached hydrogens (tertiary/aromatic N) is 1. The number of hydrogen-bond acceptors (Lipinski definition) is 4. The fourth-order valence-corrected chi connectivity index (χ4v) is 7.37. The number of rotatable bonds is 8. The highest BCUT2D eigenvalue weighted by Gasteiger charge is 2.56. The number of aryl methyl sites for hydroxylation is 1. The summed E-state index contributed by atoms with van der Waals surface area (Å²) in [7, 11) is 0. The molecule has 35 heavy (non-hydrogen) atoms. The summed E-state index contributed by atoms with van der Waals surface area (Å²) in [6, 6.07) is 5.95. The first-order valence-corrected chi connectivity index (χ1v) is 14.4. The van der Waals surface area contributed by atoms with Crippen LogP contribution in [-0.2, 0) is 16.0 Å². The molecule has 1 N–H and O–H groups in total. The van der Waals surface area contributed by atoms with E-state index in [4.69, 9.17) is 39.5 Å². The van der Waals surface area contributed by atoms with Crippen molar-refractivity contribution in [3.05, 3.63) is 29.3 Å². The van der Waals surface area contributed by atoms with E-state index in [0.717, 1.165) is 38.9 Å². The third-order valence-corrected chi connectivity index (χ3v) is 8.89. The van der Waals surface area contributed by atoms with Gasteiger partial charge in [-0.2, -0.15) is 0 Å². The molecule has 1 aromatic rings. The van der Waals surface area contributed by atoms with E-state index < -0.39 is 0 Å². The minimum atomic E-state index is -0.0477. The highest BCUT2D eigenvalue weighted by molar-refractivity contribution is 6.18. The monoisotopic (exact) mass is 567 g/mol. The van der Waals surface area contributed by atoms with Crippen LogP contribution < -0.4 is 0 Å². The van der Waals surface area contributed by atoms with E-state index in [1.165, 1.54) is 30.4 Å². The first-order valence-electron chi connectivity index (χ1n) is 12.8. The second-order valence-electron chi connectivity index (χ2n) is 10.2. The van der Waals surface area contributed by atoms with Crippen molar-refractivity contribution >= 4 is 53.2 Å². The van der Waals surface area contributed by atoms with Crippen molar-refractivity contribution in [1.82, 2.24) is 4.90 Å². The molecule has 2 saturated carbocycles. The third kappa shape index (κ3) is 7.35. The van der Waals surface area contributed by atoms with Crippen LogP contribution in [0.4, 0.5) is 0 Å². The Balaban J connectivity index is 0.000000338. The van der Waals surface area contributed by atoms with E-state index in [1.54, 1.807) is 0 Å². The molecule has 0 aliphatic heterocycles. The lowest BCUT2D eigenvalue weighted by Crippen LogP contribution is -2.45. The molecule has 0 spiro atoms. The molecule has 5 atom stereocenters. The zero-order valence-electron chi connectivity index (χ0n) is 21.0. The van der Waals surface area contributed by atoms with E-state index >= 15 is 0 Å². The van der Waals surface area contributed by atoms with Gasteiger partial charge in [-0.05, 0) is 79.5 Å². The molecule has 0 radical (unpaired) electrons. The van der Waals surface area contributed by atoms with E-state index in [1.807, 2.05) is 19.1 Å². The average Bonchev–Trinajstić information content (AvgIpc) is 3.15. The summed E-state index contributed by atoms with van der Waals surface area (Å²) in [5, 5.41) is 9.77.